The van der Waals surface area contributed by atoms with Crippen molar-refractivity contribution in [1.82, 2.24) is 15.1 Å². The number of benzene rings is 1. The van der Waals surface area contributed by atoms with Gasteiger partial charge in [0.2, 0.25) is 5.91 Å². The Morgan fingerprint density at radius 3 is 2.58 bits per heavy atom. The molecule has 0 atom stereocenters. The number of carbonyl (C=O) groups excluding carboxylic acids is 1. The van der Waals surface area contributed by atoms with Crippen LogP contribution < -0.4 is 14.8 Å². The first-order valence-corrected chi connectivity index (χ1v) is 9.14. The van der Waals surface area contributed by atoms with Crippen molar-refractivity contribution in [2.75, 3.05) is 46.9 Å². The lowest BCUT2D eigenvalue weighted by Crippen LogP contribution is -2.47. The Bertz CT molecular complexity index is 589. The van der Waals surface area contributed by atoms with Crippen molar-refractivity contribution in [3.05, 3.63) is 23.8 Å². The van der Waals surface area contributed by atoms with Crippen LogP contribution in [0.15, 0.2) is 18.2 Å². The van der Waals surface area contributed by atoms with E-state index in [-0.39, 0.29) is 18.3 Å². The second-order valence-corrected chi connectivity index (χ2v) is 6.76. The molecule has 7 heteroatoms. The van der Waals surface area contributed by atoms with E-state index in [1.165, 1.54) is 12.8 Å². The molecule has 1 aliphatic carbocycles. The minimum absolute atomic E-state index is 0. The van der Waals surface area contributed by atoms with Crippen LogP contribution in [0, 0.1) is 0 Å². The third-order valence-corrected chi connectivity index (χ3v) is 5.01. The van der Waals surface area contributed by atoms with Gasteiger partial charge in [-0.15, -0.1) is 12.4 Å². The van der Waals surface area contributed by atoms with Gasteiger partial charge in [0.05, 0.1) is 14.2 Å². The van der Waals surface area contributed by atoms with Gasteiger partial charge in [-0.05, 0) is 31.0 Å². The molecule has 0 unspecified atom stereocenters. The fourth-order valence-electron chi connectivity index (χ4n) is 3.37. The Morgan fingerprint density at radius 1 is 1.23 bits per heavy atom. The highest BCUT2D eigenvalue weighted by Crippen LogP contribution is 2.32. The monoisotopic (exact) mass is 383 g/mol. The Hall–Kier alpha value is -1.50. The quantitative estimate of drug-likeness (QED) is 0.743. The molecule has 1 N–H and O–H groups in total. The van der Waals surface area contributed by atoms with Crippen LogP contribution in [-0.4, -0.2) is 68.7 Å². The van der Waals surface area contributed by atoms with Crippen molar-refractivity contribution in [2.45, 2.75) is 31.8 Å². The maximum Gasteiger partial charge on any atom is 0.223 e. The summed E-state index contributed by atoms with van der Waals surface area (Å²) >= 11 is 0. The van der Waals surface area contributed by atoms with E-state index < -0.39 is 0 Å². The highest BCUT2D eigenvalue weighted by atomic mass is 35.5. The second-order valence-electron chi connectivity index (χ2n) is 6.76. The summed E-state index contributed by atoms with van der Waals surface area (Å²) in [7, 11) is 3.37. The molecule has 1 aromatic carbocycles. The first-order chi connectivity index (χ1) is 12.2. The zero-order valence-corrected chi connectivity index (χ0v) is 16.5. The van der Waals surface area contributed by atoms with E-state index in [0.717, 1.165) is 56.3 Å². The Balaban J connectivity index is 0.00000243. The maximum atomic E-state index is 12.4. The van der Waals surface area contributed by atoms with Gasteiger partial charge >= 0.3 is 0 Å². The molecule has 1 saturated carbocycles. The number of methoxy groups -OCH3 is 2. The molecule has 0 spiro atoms. The van der Waals surface area contributed by atoms with Crippen LogP contribution in [-0.2, 0) is 11.3 Å². The van der Waals surface area contributed by atoms with E-state index in [2.05, 4.69) is 10.2 Å². The molecule has 0 bridgehead atoms. The summed E-state index contributed by atoms with van der Waals surface area (Å²) < 4.78 is 10.9. The van der Waals surface area contributed by atoms with Gasteiger partial charge in [0.15, 0.2) is 0 Å². The third-order valence-electron chi connectivity index (χ3n) is 5.01. The molecular formula is C19H30ClN3O3. The molecule has 1 aromatic rings. The number of amides is 1. The van der Waals surface area contributed by atoms with Crippen LogP contribution in [0.3, 0.4) is 0 Å². The molecular weight excluding hydrogens is 354 g/mol. The second kappa shape index (κ2) is 10.00. The molecule has 2 aliphatic rings. The number of halogens is 1. The Labute approximate surface area is 162 Å². The minimum Gasteiger partial charge on any atom is -0.497 e. The lowest BCUT2D eigenvalue weighted by atomic mass is 10.1. The van der Waals surface area contributed by atoms with Gasteiger partial charge < -0.3 is 19.7 Å². The topological polar surface area (TPSA) is 54.0 Å². The maximum absolute atomic E-state index is 12.4. The summed E-state index contributed by atoms with van der Waals surface area (Å²) in [5.74, 6) is 1.98. The van der Waals surface area contributed by atoms with Crippen molar-refractivity contribution in [3.63, 3.8) is 0 Å². The molecule has 3 rings (SSSR count). The van der Waals surface area contributed by atoms with Crippen LogP contribution >= 0.6 is 12.4 Å². The van der Waals surface area contributed by atoms with E-state index in [1.54, 1.807) is 14.2 Å². The number of carbonyl (C=O) groups is 1. The Kier molecular flexibility index (Phi) is 8.00. The van der Waals surface area contributed by atoms with Crippen LogP contribution in [0.4, 0.5) is 0 Å². The van der Waals surface area contributed by atoms with Gasteiger partial charge in [-0.25, -0.2) is 0 Å². The summed E-state index contributed by atoms with van der Waals surface area (Å²) in [5.41, 5.74) is 1.11. The van der Waals surface area contributed by atoms with Gasteiger partial charge in [0.25, 0.3) is 0 Å². The van der Waals surface area contributed by atoms with Gasteiger partial charge in [0.1, 0.15) is 11.5 Å². The summed E-state index contributed by atoms with van der Waals surface area (Å²) in [6, 6.07) is 6.49. The standard InChI is InChI=1S/C19H29N3O3.ClH/c1-24-17-5-6-18(25-2)15(13-17)14-22(16-3-4-16)10-7-19(23)21-11-8-20-9-12-21;/h5-6,13,16,20H,3-4,7-12,14H2,1-2H3;1H. The SMILES string of the molecule is COc1ccc(OC)c(CN(CCC(=O)N2CCNCC2)C2CC2)c1.Cl. The van der Waals surface area contributed by atoms with Crippen molar-refractivity contribution >= 4 is 18.3 Å². The number of ether oxygens (including phenoxy) is 2. The Morgan fingerprint density at radius 2 is 1.96 bits per heavy atom. The van der Waals surface area contributed by atoms with Crippen molar-refractivity contribution < 1.29 is 14.3 Å². The average Bonchev–Trinajstić information content (AvgIpc) is 3.50. The average molecular weight is 384 g/mol. The molecule has 1 saturated heterocycles. The first kappa shape index (κ1) is 20.8. The molecule has 6 nitrogen and oxygen atoms in total. The fraction of sp³-hybridized carbons (Fsp3) is 0.632. The predicted molar refractivity (Wildman–Crippen MR) is 104 cm³/mol. The van der Waals surface area contributed by atoms with E-state index in [1.807, 2.05) is 23.1 Å². The van der Waals surface area contributed by atoms with Crippen LogP contribution in [0.2, 0.25) is 0 Å². The molecule has 2 fully saturated rings. The summed E-state index contributed by atoms with van der Waals surface area (Å²) in [6.45, 7) is 5.05. The van der Waals surface area contributed by atoms with Crippen LogP contribution in [0.5, 0.6) is 11.5 Å². The highest BCUT2D eigenvalue weighted by Gasteiger charge is 2.30. The number of rotatable bonds is 8. The smallest absolute Gasteiger partial charge is 0.223 e. The number of hydrogen-bond acceptors (Lipinski definition) is 5. The largest absolute Gasteiger partial charge is 0.497 e. The van der Waals surface area contributed by atoms with Gasteiger partial charge in [-0.2, -0.15) is 0 Å². The normalized spacial score (nSPS) is 17.0. The molecule has 1 heterocycles. The molecule has 0 radical (unpaired) electrons. The number of piperazine rings is 1. The summed E-state index contributed by atoms with van der Waals surface area (Å²) in [4.78, 5) is 16.8. The van der Waals surface area contributed by atoms with E-state index >= 15 is 0 Å². The molecule has 146 valence electrons. The third kappa shape index (κ3) is 5.50. The lowest BCUT2D eigenvalue weighted by molar-refractivity contribution is -0.132. The van der Waals surface area contributed by atoms with E-state index in [0.29, 0.717) is 12.5 Å². The van der Waals surface area contributed by atoms with E-state index in [9.17, 15) is 4.79 Å². The first-order valence-electron chi connectivity index (χ1n) is 9.14. The molecule has 26 heavy (non-hydrogen) atoms. The lowest BCUT2D eigenvalue weighted by Gasteiger charge is -2.29. The molecule has 1 aliphatic heterocycles. The van der Waals surface area contributed by atoms with Crippen LogP contribution in [0.1, 0.15) is 24.8 Å². The van der Waals surface area contributed by atoms with Gasteiger partial charge in [-0.1, -0.05) is 0 Å². The predicted octanol–water partition coefficient (Wildman–Crippen LogP) is 1.91. The van der Waals surface area contributed by atoms with Gasteiger partial charge in [-0.3, -0.25) is 9.69 Å². The fourth-order valence-corrected chi connectivity index (χ4v) is 3.37. The van der Waals surface area contributed by atoms with Crippen molar-refractivity contribution in [3.8, 4) is 11.5 Å². The molecule has 1 amide bonds. The van der Waals surface area contributed by atoms with Crippen molar-refractivity contribution in [2.24, 2.45) is 0 Å². The van der Waals surface area contributed by atoms with E-state index in [4.69, 9.17) is 9.47 Å². The highest BCUT2D eigenvalue weighted by molar-refractivity contribution is 5.85. The number of nitrogens with zero attached hydrogens (tertiary/aromatic N) is 2. The molecule has 0 aromatic heterocycles. The zero-order chi connectivity index (χ0) is 17.6. The van der Waals surface area contributed by atoms with Crippen LogP contribution in [0.25, 0.3) is 0 Å². The van der Waals surface area contributed by atoms with Crippen molar-refractivity contribution in [1.29, 1.82) is 0 Å². The number of hydrogen-bond donors (Lipinski definition) is 1. The van der Waals surface area contributed by atoms with Gasteiger partial charge in [0, 0.05) is 57.3 Å². The summed E-state index contributed by atoms with van der Waals surface area (Å²) in [5, 5.41) is 3.29. The summed E-state index contributed by atoms with van der Waals surface area (Å²) in [6.07, 6.45) is 3.02. The minimum atomic E-state index is 0. The number of nitrogens with one attached hydrogen (secondary N) is 1. The zero-order valence-electron chi connectivity index (χ0n) is 15.7.